The van der Waals surface area contributed by atoms with Crippen LogP contribution in [0.25, 0.3) is 0 Å². The smallest absolute Gasteiger partial charge is 0.164 e. The van der Waals surface area contributed by atoms with E-state index in [2.05, 4.69) is 34.5 Å². The number of rotatable bonds is 4. The van der Waals surface area contributed by atoms with Crippen molar-refractivity contribution in [2.24, 2.45) is 0 Å². The van der Waals surface area contributed by atoms with Crippen LogP contribution >= 0.6 is 11.6 Å². The van der Waals surface area contributed by atoms with Gasteiger partial charge in [-0.25, -0.2) is 4.39 Å². The molecule has 0 aliphatic carbocycles. The van der Waals surface area contributed by atoms with Crippen molar-refractivity contribution >= 4 is 23.0 Å². The van der Waals surface area contributed by atoms with E-state index in [1.807, 2.05) is 0 Å². The molecular weight excluding hydrogens is 287 g/mol. The Labute approximate surface area is 129 Å². The van der Waals surface area contributed by atoms with Crippen LogP contribution in [-0.2, 0) is 6.54 Å². The maximum Gasteiger partial charge on any atom is 0.164 e. The van der Waals surface area contributed by atoms with Crippen molar-refractivity contribution in [3.05, 3.63) is 58.9 Å². The van der Waals surface area contributed by atoms with Crippen LogP contribution in [0.4, 0.5) is 15.8 Å². The predicted octanol–water partition coefficient (Wildman–Crippen LogP) is 4.69. The molecule has 1 saturated heterocycles. The third kappa shape index (κ3) is 3.30. The van der Waals surface area contributed by atoms with Gasteiger partial charge in [0.05, 0.1) is 10.7 Å². The Morgan fingerprint density at radius 2 is 1.76 bits per heavy atom. The quantitative estimate of drug-likeness (QED) is 0.881. The second-order valence-corrected chi connectivity index (χ2v) is 5.72. The van der Waals surface area contributed by atoms with E-state index in [9.17, 15) is 4.39 Å². The van der Waals surface area contributed by atoms with Crippen molar-refractivity contribution in [3.63, 3.8) is 0 Å². The molecule has 110 valence electrons. The van der Waals surface area contributed by atoms with E-state index < -0.39 is 5.82 Å². The third-order valence-electron chi connectivity index (χ3n) is 3.84. The zero-order valence-corrected chi connectivity index (χ0v) is 12.5. The number of benzene rings is 2. The first-order valence-corrected chi connectivity index (χ1v) is 7.63. The van der Waals surface area contributed by atoms with Crippen LogP contribution in [0, 0.1) is 5.82 Å². The lowest BCUT2D eigenvalue weighted by Crippen LogP contribution is -2.17. The molecule has 0 bridgehead atoms. The van der Waals surface area contributed by atoms with E-state index >= 15 is 0 Å². The fraction of sp³-hybridized carbons (Fsp3) is 0.294. The zero-order chi connectivity index (χ0) is 14.7. The summed E-state index contributed by atoms with van der Waals surface area (Å²) in [6.45, 7) is 2.87. The van der Waals surface area contributed by atoms with E-state index in [4.69, 9.17) is 11.6 Å². The summed E-state index contributed by atoms with van der Waals surface area (Å²) in [6.07, 6.45) is 2.55. The highest BCUT2D eigenvalue weighted by Gasteiger charge is 2.11. The summed E-state index contributed by atoms with van der Waals surface area (Å²) in [5.41, 5.74) is 2.83. The molecule has 2 nitrogen and oxygen atoms in total. The van der Waals surface area contributed by atoms with Gasteiger partial charge < -0.3 is 10.2 Å². The van der Waals surface area contributed by atoms with Crippen molar-refractivity contribution in [2.75, 3.05) is 23.3 Å². The molecule has 0 saturated carbocycles. The van der Waals surface area contributed by atoms with Crippen LogP contribution in [0.1, 0.15) is 18.4 Å². The summed E-state index contributed by atoms with van der Waals surface area (Å²) in [5.74, 6) is -0.396. The number of nitrogens with zero attached hydrogens (tertiary/aromatic N) is 1. The minimum atomic E-state index is -0.396. The summed E-state index contributed by atoms with van der Waals surface area (Å²) >= 11 is 5.77. The molecule has 1 N–H and O–H groups in total. The fourth-order valence-electron chi connectivity index (χ4n) is 2.64. The monoisotopic (exact) mass is 304 g/mol. The number of nitrogens with one attached hydrogen (secondary N) is 1. The van der Waals surface area contributed by atoms with E-state index in [0.29, 0.717) is 12.2 Å². The third-order valence-corrected chi connectivity index (χ3v) is 4.13. The van der Waals surface area contributed by atoms with Crippen LogP contribution in [-0.4, -0.2) is 13.1 Å². The lowest BCUT2D eigenvalue weighted by molar-refractivity contribution is 0.630. The molecule has 2 aromatic carbocycles. The second-order valence-electron chi connectivity index (χ2n) is 5.32. The Morgan fingerprint density at radius 3 is 2.48 bits per heavy atom. The van der Waals surface area contributed by atoms with Crippen LogP contribution in [0.2, 0.25) is 5.02 Å². The Kier molecular flexibility index (Phi) is 4.30. The molecule has 0 unspecified atom stereocenters. The molecule has 0 aromatic heterocycles. The summed E-state index contributed by atoms with van der Waals surface area (Å²) < 4.78 is 13.8. The van der Waals surface area contributed by atoms with Gasteiger partial charge in [0.25, 0.3) is 0 Å². The average Bonchev–Trinajstić information content (AvgIpc) is 3.04. The molecule has 0 amide bonds. The molecule has 0 atom stereocenters. The molecule has 2 aromatic rings. The minimum absolute atomic E-state index is 0.143. The molecule has 1 heterocycles. The maximum absolute atomic E-state index is 13.8. The summed E-state index contributed by atoms with van der Waals surface area (Å²) in [6, 6.07) is 13.4. The fourth-order valence-corrected chi connectivity index (χ4v) is 2.81. The summed E-state index contributed by atoms with van der Waals surface area (Å²) in [7, 11) is 0. The number of hydrogen-bond acceptors (Lipinski definition) is 2. The Morgan fingerprint density at radius 1 is 1.05 bits per heavy atom. The van der Waals surface area contributed by atoms with Crippen molar-refractivity contribution in [1.29, 1.82) is 0 Å². The molecular formula is C17H18ClFN2. The lowest BCUT2D eigenvalue weighted by Gasteiger charge is -2.18. The highest BCUT2D eigenvalue weighted by Crippen LogP contribution is 2.23. The van der Waals surface area contributed by atoms with Crippen LogP contribution < -0.4 is 10.2 Å². The molecule has 1 aliphatic rings. The van der Waals surface area contributed by atoms with Crippen LogP contribution in [0.5, 0.6) is 0 Å². The van der Waals surface area contributed by atoms with Gasteiger partial charge in [-0.05, 0) is 42.7 Å². The van der Waals surface area contributed by atoms with Crippen molar-refractivity contribution in [1.82, 2.24) is 0 Å². The first kappa shape index (κ1) is 14.2. The van der Waals surface area contributed by atoms with E-state index in [1.165, 1.54) is 18.5 Å². The van der Waals surface area contributed by atoms with Crippen LogP contribution in [0.3, 0.4) is 0 Å². The first-order valence-electron chi connectivity index (χ1n) is 7.26. The molecule has 0 spiro atoms. The molecule has 0 radical (unpaired) electrons. The van der Waals surface area contributed by atoms with Crippen molar-refractivity contribution in [2.45, 2.75) is 19.4 Å². The normalized spacial score (nSPS) is 14.5. The van der Waals surface area contributed by atoms with Gasteiger partial charge in [-0.2, -0.15) is 0 Å². The largest absolute Gasteiger partial charge is 0.379 e. The zero-order valence-electron chi connectivity index (χ0n) is 11.8. The first-order chi connectivity index (χ1) is 10.2. The Balaban J connectivity index is 1.64. The van der Waals surface area contributed by atoms with Crippen molar-refractivity contribution < 1.29 is 4.39 Å². The van der Waals surface area contributed by atoms with Gasteiger partial charge in [0.1, 0.15) is 0 Å². The molecule has 1 aliphatic heterocycles. The van der Waals surface area contributed by atoms with Gasteiger partial charge in [0, 0.05) is 25.3 Å². The Bertz CT molecular complexity index is 607. The highest BCUT2D eigenvalue weighted by atomic mass is 35.5. The van der Waals surface area contributed by atoms with Gasteiger partial charge in [0.15, 0.2) is 5.82 Å². The molecule has 21 heavy (non-hydrogen) atoms. The SMILES string of the molecule is Fc1c(Cl)cccc1NCc1ccc(N2CCCC2)cc1. The van der Waals surface area contributed by atoms with Gasteiger partial charge in [0.2, 0.25) is 0 Å². The maximum atomic E-state index is 13.8. The standard InChI is InChI=1S/C17H18ClFN2/c18-15-4-3-5-16(17(15)19)20-12-13-6-8-14(9-7-13)21-10-1-2-11-21/h3-9,20H,1-2,10-12H2. The minimum Gasteiger partial charge on any atom is -0.379 e. The van der Waals surface area contributed by atoms with Gasteiger partial charge in [-0.1, -0.05) is 29.8 Å². The van der Waals surface area contributed by atoms with Gasteiger partial charge in [-0.3, -0.25) is 0 Å². The van der Waals surface area contributed by atoms with Gasteiger partial charge >= 0.3 is 0 Å². The van der Waals surface area contributed by atoms with E-state index in [0.717, 1.165) is 18.7 Å². The number of anilines is 2. The van der Waals surface area contributed by atoms with E-state index in [-0.39, 0.29) is 5.02 Å². The number of hydrogen-bond donors (Lipinski definition) is 1. The molecule has 4 heteroatoms. The topological polar surface area (TPSA) is 15.3 Å². The van der Waals surface area contributed by atoms with E-state index in [1.54, 1.807) is 18.2 Å². The predicted molar refractivity (Wildman–Crippen MR) is 86.6 cm³/mol. The number of halogens is 2. The second kappa shape index (κ2) is 6.35. The van der Waals surface area contributed by atoms with Crippen molar-refractivity contribution in [3.8, 4) is 0 Å². The average molecular weight is 305 g/mol. The summed E-state index contributed by atoms with van der Waals surface area (Å²) in [5, 5.41) is 3.23. The molecule has 1 fully saturated rings. The molecule has 3 rings (SSSR count). The highest BCUT2D eigenvalue weighted by molar-refractivity contribution is 6.31. The van der Waals surface area contributed by atoms with Gasteiger partial charge in [-0.15, -0.1) is 0 Å². The Hall–Kier alpha value is -1.74. The lowest BCUT2D eigenvalue weighted by atomic mass is 10.2. The van der Waals surface area contributed by atoms with Crippen LogP contribution in [0.15, 0.2) is 42.5 Å². The summed E-state index contributed by atoms with van der Waals surface area (Å²) in [4.78, 5) is 2.40.